The van der Waals surface area contributed by atoms with Crippen LogP contribution < -0.4 is 5.32 Å². The Hall–Kier alpha value is -2.22. The molecule has 120 valence electrons. The lowest BCUT2D eigenvalue weighted by Crippen LogP contribution is -2.30. The van der Waals surface area contributed by atoms with Crippen molar-refractivity contribution in [3.63, 3.8) is 0 Å². The molecule has 2 aromatic rings. The fourth-order valence-corrected chi connectivity index (χ4v) is 4.03. The second-order valence-corrected chi connectivity index (χ2v) is 6.84. The van der Waals surface area contributed by atoms with E-state index < -0.39 is 0 Å². The maximum absolute atomic E-state index is 12.1. The van der Waals surface area contributed by atoms with Crippen molar-refractivity contribution in [3.8, 4) is 6.07 Å². The van der Waals surface area contributed by atoms with Gasteiger partial charge >= 0.3 is 0 Å². The number of rotatable bonds is 4. The Kier molecular flexibility index (Phi) is 5.24. The van der Waals surface area contributed by atoms with Crippen LogP contribution in [0, 0.1) is 11.3 Å². The van der Waals surface area contributed by atoms with Crippen molar-refractivity contribution >= 4 is 29.3 Å². The summed E-state index contributed by atoms with van der Waals surface area (Å²) < 4.78 is 0. The SMILES string of the molecule is N#CC1=C(SCc2ccccc2Cl)NC(=O)C[C@@H]1c1ccccc1. The normalized spacial score (nSPS) is 17.3. The summed E-state index contributed by atoms with van der Waals surface area (Å²) in [5, 5.41) is 13.8. The van der Waals surface area contributed by atoms with E-state index in [1.807, 2.05) is 54.6 Å². The third-order valence-electron chi connectivity index (χ3n) is 3.89. The van der Waals surface area contributed by atoms with E-state index in [2.05, 4.69) is 11.4 Å². The number of halogens is 1. The molecule has 0 aliphatic carbocycles. The predicted octanol–water partition coefficient (Wildman–Crippen LogP) is 4.61. The molecule has 2 aromatic carbocycles. The summed E-state index contributed by atoms with van der Waals surface area (Å²) in [7, 11) is 0. The van der Waals surface area contributed by atoms with Gasteiger partial charge in [-0.25, -0.2) is 0 Å². The Morgan fingerprint density at radius 2 is 1.88 bits per heavy atom. The molecule has 3 nitrogen and oxygen atoms in total. The molecule has 0 radical (unpaired) electrons. The summed E-state index contributed by atoms with van der Waals surface area (Å²) in [6, 6.07) is 19.6. The fourth-order valence-electron chi connectivity index (χ4n) is 2.67. The molecule has 24 heavy (non-hydrogen) atoms. The minimum Gasteiger partial charge on any atom is -0.320 e. The first kappa shape index (κ1) is 16.6. The van der Waals surface area contributed by atoms with Crippen LogP contribution >= 0.6 is 23.4 Å². The Morgan fingerprint density at radius 3 is 2.58 bits per heavy atom. The number of allylic oxidation sites excluding steroid dienone is 1. The number of carbonyl (C=O) groups excluding carboxylic acids is 1. The predicted molar refractivity (Wildman–Crippen MR) is 97.3 cm³/mol. The first-order chi connectivity index (χ1) is 11.7. The Labute approximate surface area is 150 Å². The number of carbonyl (C=O) groups is 1. The van der Waals surface area contributed by atoms with Crippen LogP contribution in [0.15, 0.2) is 65.2 Å². The van der Waals surface area contributed by atoms with E-state index in [0.717, 1.165) is 11.1 Å². The van der Waals surface area contributed by atoms with Gasteiger partial charge in [0.25, 0.3) is 0 Å². The maximum Gasteiger partial charge on any atom is 0.225 e. The zero-order chi connectivity index (χ0) is 16.9. The quantitative estimate of drug-likeness (QED) is 0.872. The molecule has 1 N–H and O–H groups in total. The van der Waals surface area contributed by atoms with Gasteiger partial charge in [-0.1, -0.05) is 60.1 Å². The molecule has 0 fully saturated rings. The molecular formula is C19H15ClN2OS. The van der Waals surface area contributed by atoms with Gasteiger partial charge in [-0.2, -0.15) is 5.26 Å². The van der Waals surface area contributed by atoms with Crippen LogP contribution in [0.2, 0.25) is 5.02 Å². The standard InChI is InChI=1S/C19H15ClN2OS/c20-17-9-5-4-8-14(17)12-24-19-16(11-21)15(10-18(23)22-19)13-6-2-1-3-7-13/h1-9,15H,10,12H2,(H,22,23)/t15-/m1/s1. The van der Waals surface area contributed by atoms with Crippen molar-refractivity contribution in [1.82, 2.24) is 5.32 Å². The molecule has 0 spiro atoms. The first-order valence-corrected chi connectivity index (χ1v) is 8.90. The highest BCUT2D eigenvalue weighted by atomic mass is 35.5. The van der Waals surface area contributed by atoms with Crippen LogP contribution in [0.1, 0.15) is 23.5 Å². The number of benzene rings is 2. The molecule has 0 bridgehead atoms. The zero-order valence-electron chi connectivity index (χ0n) is 12.8. The van der Waals surface area contributed by atoms with Crippen LogP contribution in [-0.4, -0.2) is 5.91 Å². The second-order valence-electron chi connectivity index (χ2n) is 5.45. The van der Waals surface area contributed by atoms with Gasteiger partial charge in [0.05, 0.1) is 16.7 Å². The largest absolute Gasteiger partial charge is 0.320 e. The number of amides is 1. The molecule has 1 aliphatic rings. The van der Waals surface area contributed by atoms with E-state index >= 15 is 0 Å². The molecule has 0 aromatic heterocycles. The number of hydrogen-bond acceptors (Lipinski definition) is 3. The smallest absolute Gasteiger partial charge is 0.225 e. The minimum atomic E-state index is -0.196. The molecule has 1 aliphatic heterocycles. The molecule has 5 heteroatoms. The Balaban J connectivity index is 1.89. The van der Waals surface area contributed by atoms with Gasteiger partial charge in [-0.05, 0) is 17.2 Å². The van der Waals surface area contributed by atoms with Crippen LogP contribution in [-0.2, 0) is 10.5 Å². The second kappa shape index (κ2) is 7.57. The van der Waals surface area contributed by atoms with Crippen LogP contribution in [0.5, 0.6) is 0 Å². The van der Waals surface area contributed by atoms with E-state index in [1.165, 1.54) is 11.8 Å². The highest BCUT2D eigenvalue weighted by molar-refractivity contribution is 8.02. The molecule has 1 amide bonds. The van der Waals surface area contributed by atoms with Crippen molar-refractivity contribution in [3.05, 3.63) is 81.3 Å². The van der Waals surface area contributed by atoms with Gasteiger partial charge in [0, 0.05) is 23.1 Å². The van der Waals surface area contributed by atoms with E-state index in [0.29, 0.717) is 27.8 Å². The highest BCUT2D eigenvalue weighted by Gasteiger charge is 2.29. The summed E-state index contributed by atoms with van der Waals surface area (Å²) in [6.07, 6.45) is 0.295. The van der Waals surface area contributed by atoms with E-state index in [4.69, 9.17) is 11.6 Å². The molecular weight excluding hydrogens is 340 g/mol. The van der Waals surface area contributed by atoms with Gasteiger partial charge in [-0.15, -0.1) is 11.8 Å². The number of thioether (sulfide) groups is 1. The van der Waals surface area contributed by atoms with Gasteiger partial charge in [0.15, 0.2) is 0 Å². The molecule has 1 atom stereocenters. The lowest BCUT2D eigenvalue weighted by Gasteiger charge is -2.25. The van der Waals surface area contributed by atoms with Crippen LogP contribution in [0.25, 0.3) is 0 Å². The molecule has 0 saturated carbocycles. The Morgan fingerprint density at radius 1 is 1.17 bits per heavy atom. The van der Waals surface area contributed by atoms with E-state index in [1.54, 1.807) is 0 Å². The van der Waals surface area contributed by atoms with Crippen molar-refractivity contribution < 1.29 is 4.79 Å². The summed E-state index contributed by atoms with van der Waals surface area (Å²) in [5.74, 6) is 0.338. The fraction of sp³-hybridized carbons (Fsp3) is 0.158. The number of nitriles is 1. The first-order valence-electron chi connectivity index (χ1n) is 7.54. The maximum atomic E-state index is 12.1. The summed E-state index contributed by atoms with van der Waals surface area (Å²) in [5.41, 5.74) is 2.57. The Bertz CT molecular complexity index is 827. The minimum absolute atomic E-state index is 0.0653. The summed E-state index contributed by atoms with van der Waals surface area (Å²) >= 11 is 7.62. The van der Waals surface area contributed by atoms with Crippen LogP contribution in [0.3, 0.4) is 0 Å². The molecule has 0 unspecified atom stereocenters. The topological polar surface area (TPSA) is 52.9 Å². The van der Waals surface area contributed by atoms with Gasteiger partial charge in [0.2, 0.25) is 5.91 Å². The summed E-state index contributed by atoms with van der Waals surface area (Å²) in [6.45, 7) is 0. The van der Waals surface area contributed by atoms with E-state index in [-0.39, 0.29) is 11.8 Å². The zero-order valence-corrected chi connectivity index (χ0v) is 14.4. The van der Waals surface area contributed by atoms with Crippen LogP contribution in [0.4, 0.5) is 0 Å². The molecule has 3 rings (SSSR count). The van der Waals surface area contributed by atoms with E-state index in [9.17, 15) is 10.1 Å². The monoisotopic (exact) mass is 354 g/mol. The van der Waals surface area contributed by atoms with Crippen molar-refractivity contribution in [1.29, 1.82) is 5.26 Å². The summed E-state index contributed by atoms with van der Waals surface area (Å²) in [4.78, 5) is 12.1. The van der Waals surface area contributed by atoms with Gasteiger partial charge in [-0.3, -0.25) is 4.79 Å². The van der Waals surface area contributed by atoms with Crippen molar-refractivity contribution in [2.45, 2.75) is 18.1 Å². The number of hydrogen-bond donors (Lipinski definition) is 1. The average molecular weight is 355 g/mol. The van der Waals surface area contributed by atoms with Crippen molar-refractivity contribution in [2.75, 3.05) is 0 Å². The lowest BCUT2D eigenvalue weighted by molar-refractivity contribution is -0.120. The molecule has 1 heterocycles. The number of nitrogens with one attached hydrogen (secondary N) is 1. The average Bonchev–Trinajstić information content (AvgIpc) is 2.61. The third kappa shape index (κ3) is 3.64. The highest BCUT2D eigenvalue weighted by Crippen LogP contribution is 2.37. The third-order valence-corrected chi connectivity index (χ3v) is 5.32. The number of nitrogens with zero attached hydrogens (tertiary/aromatic N) is 1. The van der Waals surface area contributed by atoms with Gasteiger partial charge in [0.1, 0.15) is 0 Å². The van der Waals surface area contributed by atoms with Crippen molar-refractivity contribution in [2.24, 2.45) is 0 Å². The lowest BCUT2D eigenvalue weighted by atomic mass is 9.87. The van der Waals surface area contributed by atoms with Gasteiger partial charge < -0.3 is 5.32 Å². The molecule has 0 saturated heterocycles.